The number of rotatable bonds is 12. The van der Waals surface area contributed by atoms with Gasteiger partial charge in [-0.2, -0.15) is 0 Å². The summed E-state index contributed by atoms with van der Waals surface area (Å²) in [7, 11) is 1.65. The van der Waals surface area contributed by atoms with Crippen LogP contribution in [0.15, 0.2) is 71.9 Å². The van der Waals surface area contributed by atoms with E-state index < -0.39 is 0 Å². The third-order valence-corrected chi connectivity index (χ3v) is 7.34. The summed E-state index contributed by atoms with van der Waals surface area (Å²) in [5.41, 5.74) is 2.96. The number of aromatic nitrogens is 2. The summed E-state index contributed by atoms with van der Waals surface area (Å²) in [5.74, 6) is 1.49. The van der Waals surface area contributed by atoms with Crippen LogP contribution in [-0.4, -0.2) is 73.8 Å². The molecule has 4 rings (SSSR count). The highest BCUT2D eigenvalue weighted by Crippen LogP contribution is 2.25. The molecule has 2 heterocycles. The zero-order valence-corrected chi connectivity index (χ0v) is 23.3. The predicted molar refractivity (Wildman–Crippen MR) is 156 cm³/mol. The minimum atomic E-state index is -0.0737. The normalized spacial score (nSPS) is 14.2. The van der Waals surface area contributed by atoms with E-state index in [9.17, 15) is 4.79 Å². The number of piperazine rings is 1. The van der Waals surface area contributed by atoms with Crippen LogP contribution in [0.1, 0.15) is 27.9 Å². The van der Waals surface area contributed by atoms with E-state index in [-0.39, 0.29) is 5.91 Å². The van der Waals surface area contributed by atoms with Gasteiger partial charge >= 0.3 is 0 Å². The number of ether oxygens (including phenoxy) is 1. The number of methoxy groups -OCH3 is 1. The lowest BCUT2D eigenvalue weighted by atomic mass is 10.1. The maximum Gasteiger partial charge on any atom is 0.251 e. The lowest BCUT2D eigenvalue weighted by Gasteiger charge is -2.35. The number of anilines is 1. The quantitative estimate of drug-likeness (QED) is 0.147. The molecule has 9 heteroatoms. The van der Waals surface area contributed by atoms with Crippen LogP contribution >= 0.6 is 23.4 Å². The van der Waals surface area contributed by atoms with Crippen molar-refractivity contribution in [1.82, 2.24) is 20.2 Å². The minimum Gasteiger partial charge on any atom is -0.385 e. The summed E-state index contributed by atoms with van der Waals surface area (Å²) in [5, 5.41) is 4.01. The van der Waals surface area contributed by atoms with Crippen LogP contribution in [0.5, 0.6) is 0 Å². The summed E-state index contributed by atoms with van der Waals surface area (Å²) < 4.78 is 5.01. The fourth-order valence-corrected chi connectivity index (χ4v) is 5.13. The molecule has 0 atom stereocenters. The Bertz CT molecular complexity index is 1190. The monoisotopic (exact) mass is 551 g/mol. The number of benzene rings is 2. The van der Waals surface area contributed by atoms with Gasteiger partial charge in [0.15, 0.2) is 5.16 Å². The highest BCUT2D eigenvalue weighted by Gasteiger charge is 2.18. The Labute approximate surface area is 234 Å². The molecule has 0 aliphatic carbocycles. The Hall–Kier alpha value is -2.91. The van der Waals surface area contributed by atoms with E-state index in [1.54, 1.807) is 18.9 Å². The maximum absolute atomic E-state index is 12.3. The zero-order chi connectivity index (χ0) is 26.6. The van der Waals surface area contributed by atoms with Crippen molar-refractivity contribution in [2.24, 2.45) is 0 Å². The van der Waals surface area contributed by atoms with Crippen molar-refractivity contribution in [3.05, 3.63) is 88.6 Å². The van der Waals surface area contributed by atoms with E-state index >= 15 is 0 Å². The van der Waals surface area contributed by atoms with E-state index in [0.717, 1.165) is 50.5 Å². The fourth-order valence-electron chi connectivity index (χ4n) is 4.09. The maximum atomic E-state index is 12.3. The van der Waals surface area contributed by atoms with Crippen LogP contribution in [-0.2, 0) is 10.5 Å². The lowest BCUT2D eigenvalue weighted by Crippen LogP contribution is -2.46. The highest BCUT2D eigenvalue weighted by molar-refractivity contribution is 7.98. The van der Waals surface area contributed by atoms with Gasteiger partial charge < -0.3 is 15.0 Å². The average molecular weight is 552 g/mol. The minimum absolute atomic E-state index is 0.0737. The van der Waals surface area contributed by atoms with Crippen LogP contribution in [0.2, 0.25) is 5.15 Å². The van der Waals surface area contributed by atoms with Crippen molar-refractivity contribution in [3.63, 3.8) is 0 Å². The molecule has 200 valence electrons. The first-order valence-electron chi connectivity index (χ1n) is 12.8. The number of thioether (sulfide) groups is 1. The third kappa shape index (κ3) is 8.84. The summed E-state index contributed by atoms with van der Waals surface area (Å²) in [6.45, 7) is 5.89. The Morgan fingerprint density at radius 2 is 1.84 bits per heavy atom. The summed E-state index contributed by atoms with van der Waals surface area (Å²) in [6, 6.07) is 19.8. The summed E-state index contributed by atoms with van der Waals surface area (Å²) in [6.07, 6.45) is 5.19. The zero-order valence-electron chi connectivity index (χ0n) is 21.7. The van der Waals surface area contributed by atoms with Crippen molar-refractivity contribution >= 4 is 41.2 Å². The van der Waals surface area contributed by atoms with Crippen LogP contribution in [0.4, 0.5) is 5.82 Å². The Morgan fingerprint density at radius 1 is 1.08 bits per heavy atom. The van der Waals surface area contributed by atoms with Gasteiger partial charge in [0, 0.05) is 70.4 Å². The number of amides is 1. The molecule has 0 radical (unpaired) electrons. The molecule has 3 aromatic rings. The molecule has 38 heavy (non-hydrogen) atoms. The SMILES string of the molecule is COCCCNC(=O)c1ccc(CSc2nc(Cl)cc(N3CCN(C/C=C/c4ccccc4)CC3)n2)cc1. The van der Waals surface area contributed by atoms with Crippen LogP contribution in [0, 0.1) is 0 Å². The molecule has 1 aliphatic rings. The van der Waals surface area contributed by atoms with Crippen molar-refractivity contribution in [2.75, 3.05) is 57.9 Å². The number of carbonyl (C=O) groups excluding carboxylic acids is 1. The van der Waals surface area contributed by atoms with Crippen molar-refractivity contribution in [3.8, 4) is 0 Å². The van der Waals surface area contributed by atoms with Crippen molar-refractivity contribution < 1.29 is 9.53 Å². The lowest BCUT2D eigenvalue weighted by molar-refractivity contribution is 0.0948. The molecule has 0 unspecified atom stereocenters. The molecule has 1 aromatic heterocycles. The van der Waals surface area contributed by atoms with Crippen LogP contribution < -0.4 is 10.2 Å². The van der Waals surface area contributed by atoms with E-state index in [2.05, 4.69) is 56.5 Å². The molecule has 1 amide bonds. The van der Waals surface area contributed by atoms with Crippen molar-refractivity contribution in [2.45, 2.75) is 17.3 Å². The standard InChI is InChI=1S/C29H34ClN5O2S/c1-37-20-6-14-31-28(36)25-12-10-24(11-13-25)22-38-29-32-26(30)21-27(33-29)35-18-16-34(17-19-35)15-5-9-23-7-3-2-4-8-23/h2-5,7-13,21H,6,14-20,22H2,1H3,(H,31,36)/b9-5+. The number of carbonyl (C=O) groups is 1. The molecular weight excluding hydrogens is 518 g/mol. The summed E-state index contributed by atoms with van der Waals surface area (Å²) in [4.78, 5) is 26.2. The van der Waals surface area contributed by atoms with Gasteiger partial charge in [-0.3, -0.25) is 9.69 Å². The van der Waals surface area contributed by atoms with E-state index in [4.69, 9.17) is 21.3 Å². The Balaban J connectivity index is 1.25. The second-order valence-corrected chi connectivity index (χ2v) is 10.3. The van der Waals surface area contributed by atoms with Gasteiger partial charge in [0.1, 0.15) is 11.0 Å². The number of nitrogens with zero attached hydrogens (tertiary/aromatic N) is 4. The molecule has 2 aromatic carbocycles. The van der Waals surface area contributed by atoms with Gasteiger partial charge in [-0.15, -0.1) is 0 Å². The number of nitrogens with one attached hydrogen (secondary N) is 1. The molecule has 0 spiro atoms. The number of halogens is 1. The second kappa shape index (κ2) is 14.9. The van der Waals surface area contributed by atoms with Crippen LogP contribution in [0.25, 0.3) is 6.08 Å². The third-order valence-electron chi connectivity index (χ3n) is 6.23. The topological polar surface area (TPSA) is 70.6 Å². The van der Waals surface area contributed by atoms with Crippen molar-refractivity contribution in [1.29, 1.82) is 0 Å². The molecule has 0 bridgehead atoms. The van der Waals surface area contributed by atoms with E-state index in [1.165, 1.54) is 5.56 Å². The fraction of sp³-hybridized carbons (Fsp3) is 0.345. The van der Waals surface area contributed by atoms with Gasteiger partial charge in [-0.25, -0.2) is 9.97 Å². The van der Waals surface area contributed by atoms with Gasteiger partial charge in [0.05, 0.1) is 0 Å². The first-order chi connectivity index (χ1) is 18.6. The first kappa shape index (κ1) is 28.1. The summed E-state index contributed by atoms with van der Waals surface area (Å²) >= 11 is 7.90. The molecular formula is C29H34ClN5O2S. The molecule has 1 aliphatic heterocycles. The van der Waals surface area contributed by atoms with Gasteiger partial charge in [0.2, 0.25) is 0 Å². The van der Waals surface area contributed by atoms with E-state index in [1.807, 2.05) is 36.4 Å². The Kier molecular flexibility index (Phi) is 11.0. The largest absolute Gasteiger partial charge is 0.385 e. The Morgan fingerprint density at radius 3 is 2.58 bits per heavy atom. The highest BCUT2D eigenvalue weighted by atomic mass is 35.5. The van der Waals surface area contributed by atoms with Gasteiger partial charge in [-0.05, 0) is 29.7 Å². The first-order valence-corrected chi connectivity index (χ1v) is 14.2. The molecule has 1 saturated heterocycles. The number of hydrogen-bond acceptors (Lipinski definition) is 7. The predicted octanol–water partition coefficient (Wildman–Crippen LogP) is 5.02. The number of hydrogen-bond donors (Lipinski definition) is 1. The average Bonchev–Trinajstić information content (AvgIpc) is 2.95. The molecule has 1 fully saturated rings. The van der Waals surface area contributed by atoms with Crippen LogP contribution in [0.3, 0.4) is 0 Å². The molecule has 1 N–H and O–H groups in total. The smallest absolute Gasteiger partial charge is 0.251 e. The molecule has 0 saturated carbocycles. The van der Waals surface area contributed by atoms with Gasteiger partial charge in [-0.1, -0.05) is 78.0 Å². The second-order valence-electron chi connectivity index (χ2n) is 9.02. The van der Waals surface area contributed by atoms with Gasteiger partial charge in [0.25, 0.3) is 5.91 Å². The van der Waals surface area contributed by atoms with E-state index in [0.29, 0.717) is 34.8 Å². The molecule has 7 nitrogen and oxygen atoms in total.